The zero-order valence-corrected chi connectivity index (χ0v) is 11.4. The molecule has 20 heavy (non-hydrogen) atoms. The van der Waals surface area contributed by atoms with Gasteiger partial charge in [-0.15, -0.1) is 0 Å². The zero-order chi connectivity index (χ0) is 13.8. The number of ether oxygens (including phenoxy) is 3. The molecule has 1 aliphatic rings. The Bertz CT molecular complexity index is 479. The molecule has 2 unspecified atom stereocenters. The summed E-state index contributed by atoms with van der Waals surface area (Å²) in [5.74, 6) is 0. The third kappa shape index (κ3) is 2.75. The van der Waals surface area contributed by atoms with Crippen molar-refractivity contribution >= 4 is 0 Å². The van der Waals surface area contributed by atoms with Crippen LogP contribution in [0.5, 0.6) is 0 Å². The van der Waals surface area contributed by atoms with Crippen molar-refractivity contribution in [1.29, 1.82) is 0 Å². The Balaban J connectivity index is 1.89. The quantitative estimate of drug-likeness (QED) is 0.845. The fourth-order valence-corrected chi connectivity index (χ4v) is 2.42. The predicted octanol–water partition coefficient (Wildman–Crippen LogP) is 3.84. The summed E-state index contributed by atoms with van der Waals surface area (Å²) in [4.78, 5) is 0. The van der Waals surface area contributed by atoms with Crippen molar-refractivity contribution in [2.45, 2.75) is 25.6 Å². The molecule has 0 radical (unpaired) electrons. The molecule has 1 saturated heterocycles. The number of hydrogen-bond acceptors (Lipinski definition) is 3. The summed E-state index contributed by atoms with van der Waals surface area (Å²) >= 11 is 0. The lowest BCUT2D eigenvalue weighted by Gasteiger charge is -2.16. The second-order valence-electron chi connectivity index (χ2n) is 4.68. The van der Waals surface area contributed by atoms with Crippen LogP contribution in [0.25, 0.3) is 0 Å². The fraction of sp³-hybridized carbons (Fsp3) is 0.294. The van der Waals surface area contributed by atoms with Crippen LogP contribution in [-0.4, -0.2) is 13.1 Å². The SMILES string of the molecule is CCOC1OC(c2ccccc2)C(c2ccccc2)O1. The van der Waals surface area contributed by atoms with Crippen LogP contribution in [0.2, 0.25) is 0 Å². The third-order valence-corrected chi connectivity index (χ3v) is 3.35. The van der Waals surface area contributed by atoms with E-state index in [1.165, 1.54) is 0 Å². The van der Waals surface area contributed by atoms with Crippen molar-refractivity contribution in [2.24, 2.45) is 0 Å². The Labute approximate surface area is 119 Å². The van der Waals surface area contributed by atoms with Crippen LogP contribution < -0.4 is 0 Å². The lowest BCUT2D eigenvalue weighted by atomic mass is 9.99. The van der Waals surface area contributed by atoms with Crippen molar-refractivity contribution in [3.63, 3.8) is 0 Å². The fourth-order valence-electron chi connectivity index (χ4n) is 2.42. The third-order valence-electron chi connectivity index (χ3n) is 3.35. The van der Waals surface area contributed by atoms with Gasteiger partial charge in [0.2, 0.25) is 0 Å². The average Bonchev–Trinajstić information content (AvgIpc) is 2.93. The van der Waals surface area contributed by atoms with Crippen LogP contribution in [0.3, 0.4) is 0 Å². The molecule has 0 bridgehead atoms. The van der Waals surface area contributed by atoms with E-state index in [1.54, 1.807) is 0 Å². The number of benzene rings is 2. The Kier molecular flexibility index (Phi) is 4.11. The van der Waals surface area contributed by atoms with Gasteiger partial charge in [-0.3, -0.25) is 0 Å². The normalized spacial score (nSPS) is 25.8. The van der Waals surface area contributed by atoms with E-state index < -0.39 is 6.48 Å². The molecule has 104 valence electrons. The largest absolute Gasteiger partial charge is 0.330 e. The van der Waals surface area contributed by atoms with Crippen molar-refractivity contribution in [3.8, 4) is 0 Å². The molecule has 0 spiro atoms. The van der Waals surface area contributed by atoms with Crippen molar-refractivity contribution in [3.05, 3.63) is 71.8 Å². The smallest absolute Gasteiger partial charge is 0.273 e. The molecule has 0 saturated carbocycles. The van der Waals surface area contributed by atoms with Crippen molar-refractivity contribution in [1.82, 2.24) is 0 Å². The summed E-state index contributed by atoms with van der Waals surface area (Å²) in [6.45, 7) is 1.89. The Morgan fingerprint density at radius 3 is 1.65 bits per heavy atom. The van der Waals surface area contributed by atoms with E-state index in [1.807, 2.05) is 43.3 Å². The topological polar surface area (TPSA) is 27.7 Å². The molecule has 0 aliphatic carbocycles. The minimum atomic E-state index is -0.601. The summed E-state index contributed by atoms with van der Waals surface area (Å²) in [6, 6.07) is 20.2. The molecule has 0 amide bonds. The standard InChI is InChI=1S/C17H18O3/c1-2-18-17-19-15(13-9-5-3-6-10-13)16(20-17)14-11-7-4-8-12-14/h3-12,15-17H,2H2,1H3. The molecule has 1 fully saturated rings. The van der Waals surface area contributed by atoms with Gasteiger partial charge in [0.15, 0.2) is 0 Å². The molecule has 3 heteroatoms. The first-order valence-corrected chi connectivity index (χ1v) is 6.91. The minimum Gasteiger partial charge on any atom is -0.330 e. The molecular weight excluding hydrogens is 252 g/mol. The van der Waals surface area contributed by atoms with E-state index in [0.29, 0.717) is 6.61 Å². The minimum absolute atomic E-state index is 0.143. The van der Waals surface area contributed by atoms with Gasteiger partial charge < -0.3 is 14.2 Å². The van der Waals surface area contributed by atoms with Gasteiger partial charge in [-0.1, -0.05) is 60.7 Å². The summed E-state index contributed by atoms with van der Waals surface area (Å²) in [5, 5.41) is 0. The summed E-state index contributed by atoms with van der Waals surface area (Å²) in [5.41, 5.74) is 2.20. The number of rotatable bonds is 4. The summed E-state index contributed by atoms with van der Waals surface area (Å²) < 4.78 is 17.3. The van der Waals surface area contributed by atoms with Gasteiger partial charge in [-0.05, 0) is 18.1 Å². The first-order chi connectivity index (χ1) is 9.88. The first kappa shape index (κ1) is 13.3. The second-order valence-corrected chi connectivity index (χ2v) is 4.68. The number of hydrogen-bond donors (Lipinski definition) is 0. The molecule has 1 aliphatic heterocycles. The van der Waals surface area contributed by atoms with Crippen LogP contribution in [-0.2, 0) is 14.2 Å². The Morgan fingerprint density at radius 2 is 1.25 bits per heavy atom. The second kappa shape index (κ2) is 6.18. The highest BCUT2D eigenvalue weighted by molar-refractivity contribution is 5.26. The van der Waals surface area contributed by atoms with E-state index in [-0.39, 0.29) is 12.2 Å². The van der Waals surface area contributed by atoms with Gasteiger partial charge in [0, 0.05) is 6.61 Å². The Hall–Kier alpha value is -1.68. The average molecular weight is 270 g/mol. The maximum Gasteiger partial charge on any atom is 0.273 e. The van der Waals surface area contributed by atoms with E-state index in [9.17, 15) is 0 Å². The van der Waals surface area contributed by atoms with Crippen LogP contribution in [0, 0.1) is 0 Å². The van der Waals surface area contributed by atoms with Gasteiger partial charge in [-0.25, -0.2) is 0 Å². The van der Waals surface area contributed by atoms with Crippen LogP contribution >= 0.6 is 0 Å². The zero-order valence-electron chi connectivity index (χ0n) is 11.4. The van der Waals surface area contributed by atoms with Crippen molar-refractivity contribution in [2.75, 3.05) is 6.61 Å². The van der Waals surface area contributed by atoms with Crippen LogP contribution in [0.1, 0.15) is 30.3 Å². The van der Waals surface area contributed by atoms with Crippen molar-refractivity contribution < 1.29 is 14.2 Å². The summed E-state index contributed by atoms with van der Waals surface area (Å²) in [7, 11) is 0. The molecule has 2 aromatic carbocycles. The molecule has 3 rings (SSSR count). The van der Waals surface area contributed by atoms with Gasteiger partial charge in [0.1, 0.15) is 12.2 Å². The maximum atomic E-state index is 5.91. The monoisotopic (exact) mass is 270 g/mol. The highest BCUT2D eigenvalue weighted by Gasteiger charge is 2.38. The van der Waals surface area contributed by atoms with Gasteiger partial charge >= 0.3 is 0 Å². The summed E-state index contributed by atoms with van der Waals surface area (Å²) in [6.07, 6.45) is -0.287. The molecule has 2 aromatic rings. The highest BCUT2D eigenvalue weighted by atomic mass is 16.9. The molecule has 1 heterocycles. The first-order valence-electron chi connectivity index (χ1n) is 6.91. The Morgan fingerprint density at radius 1 is 0.800 bits per heavy atom. The molecule has 3 nitrogen and oxygen atoms in total. The molecule has 0 aromatic heterocycles. The highest BCUT2D eigenvalue weighted by Crippen LogP contribution is 2.42. The van der Waals surface area contributed by atoms with Crippen LogP contribution in [0.15, 0.2) is 60.7 Å². The predicted molar refractivity (Wildman–Crippen MR) is 76.0 cm³/mol. The molecular formula is C17H18O3. The maximum absolute atomic E-state index is 5.91. The van der Waals surface area contributed by atoms with Gasteiger partial charge in [0.05, 0.1) is 0 Å². The van der Waals surface area contributed by atoms with Gasteiger partial charge in [0.25, 0.3) is 6.48 Å². The lowest BCUT2D eigenvalue weighted by molar-refractivity contribution is -0.241. The van der Waals surface area contributed by atoms with E-state index in [2.05, 4.69) is 24.3 Å². The molecule has 0 N–H and O–H groups in total. The molecule has 2 atom stereocenters. The van der Waals surface area contributed by atoms with E-state index >= 15 is 0 Å². The lowest BCUT2D eigenvalue weighted by Crippen LogP contribution is -2.12. The van der Waals surface area contributed by atoms with Crippen LogP contribution in [0.4, 0.5) is 0 Å². The van der Waals surface area contributed by atoms with Gasteiger partial charge in [-0.2, -0.15) is 0 Å². The van der Waals surface area contributed by atoms with E-state index in [0.717, 1.165) is 11.1 Å². The van der Waals surface area contributed by atoms with E-state index in [4.69, 9.17) is 14.2 Å².